The summed E-state index contributed by atoms with van der Waals surface area (Å²) in [6.45, 7) is 1.90. The predicted molar refractivity (Wildman–Crippen MR) is 24.6 cm³/mol. The Morgan fingerprint density at radius 1 is 1.86 bits per heavy atom. The molecule has 0 radical (unpaired) electrons. The Kier molecular flexibility index (Phi) is 0.770. The molecular weight excluding hydrogens is 94.0 g/mol. The maximum absolute atomic E-state index is 9.78. The normalized spacial score (nSPS) is 37.9. The zero-order valence-corrected chi connectivity index (χ0v) is 4.13. The average Bonchev–Trinajstić information content (AvgIpc) is 2.17. The summed E-state index contributed by atoms with van der Waals surface area (Å²) < 4.78 is 0. The van der Waals surface area contributed by atoms with Crippen molar-refractivity contribution in [2.24, 2.45) is 5.92 Å². The second-order valence-electron chi connectivity index (χ2n) is 2.07. The Labute approximate surface area is 41.5 Å². The van der Waals surface area contributed by atoms with Gasteiger partial charge in [0.05, 0.1) is 0 Å². The Morgan fingerprint density at radius 2 is 2.29 bits per heavy atom. The van der Waals surface area contributed by atoms with Gasteiger partial charge in [-0.25, -0.2) is 0 Å². The Morgan fingerprint density at radius 3 is 2.29 bits per heavy atom. The Bertz CT molecular complexity index is 102. The first-order valence-electron chi connectivity index (χ1n) is 2.35. The van der Waals surface area contributed by atoms with Gasteiger partial charge in [0, 0.05) is 17.3 Å². The van der Waals surface area contributed by atoms with Crippen LogP contribution >= 0.6 is 0 Å². The molecule has 0 aromatic carbocycles. The molecule has 1 aliphatic rings. The van der Waals surface area contributed by atoms with E-state index in [9.17, 15) is 10.1 Å². The summed E-state index contributed by atoms with van der Waals surface area (Å²) in [5, 5.41) is 9.78. The SMILES string of the molecule is C[C@@H]1C[C@H]1[N+](=O)[O-]. The molecule has 2 atom stereocenters. The quantitative estimate of drug-likeness (QED) is 0.360. The first-order valence-corrected chi connectivity index (χ1v) is 2.35. The van der Waals surface area contributed by atoms with Crippen LogP contribution in [-0.4, -0.2) is 11.0 Å². The predicted octanol–water partition coefficient (Wildman–Crippen LogP) is 0.671. The molecule has 0 bridgehead atoms. The molecule has 0 aromatic rings. The van der Waals surface area contributed by atoms with Crippen molar-refractivity contribution >= 4 is 0 Å². The molecule has 1 fully saturated rings. The second-order valence-corrected chi connectivity index (χ2v) is 2.07. The van der Waals surface area contributed by atoms with Crippen molar-refractivity contribution in [2.75, 3.05) is 0 Å². The van der Waals surface area contributed by atoms with Gasteiger partial charge in [-0.05, 0) is 0 Å². The average molecular weight is 101 g/mol. The highest BCUT2D eigenvalue weighted by Gasteiger charge is 2.44. The van der Waals surface area contributed by atoms with Crippen molar-refractivity contribution in [3.63, 3.8) is 0 Å². The van der Waals surface area contributed by atoms with Crippen LogP contribution in [0, 0.1) is 16.0 Å². The summed E-state index contributed by atoms with van der Waals surface area (Å²) in [4.78, 5) is 9.57. The molecule has 1 rings (SSSR count). The minimum atomic E-state index is -0.208. The summed E-state index contributed by atoms with van der Waals surface area (Å²) in [5.41, 5.74) is 0. The third-order valence-electron chi connectivity index (χ3n) is 1.34. The van der Waals surface area contributed by atoms with Crippen LogP contribution in [0.15, 0.2) is 0 Å². The van der Waals surface area contributed by atoms with E-state index in [0.29, 0.717) is 5.92 Å². The van der Waals surface area contributed by atoms with Gasteiger partial charge < -0.3 is 0 Å². The van der Waals surface area contributed by atoms with E-state index < -0.39 is 0 Å². The molecule has 0 N–H and O–H groups in total. The van der Waals surface area contributed by atoms with Crippen LogP contribution in [-0.2, 0) is 0 Å². The Balaban J connectivity index is 2.33. The zero-order chi connectivity index (χ0) is 5.44. The molecule has 0 aromatic heterocycles. The summed E-state index contributed by atoms with van der Waals surface area (Å²) in [6, 6.07) is -0.208. The second kappa shape index (κ2) is 1.18. The van der Waals surface area contributed by atoms with E-state index in [1.54, 1.807) is 0 Å². The van der Waals surface area contributed by atoms with Gasteiger partial charge in [-0.1, -0.05) is 6.92 Å². The van der Waals surface area contributed by atoms with Gasteiger partial charge in [0.15, 0.2) is 0 Å². The molecule has 40 valence electrons. The van der Waals surface area contributed by atoms with Gasteiger partial charge in [0.25, 0.3) is 0 Å². The fraction of sp³-hybridized carbons (Fsp3) is 1.00. The lowest BCUT2D eigenvalue weighted by molar-refractivity contribution is -0.498. The van der Waals surface area contributed by atoms with Gasteiger partial charge >= 0.3 is 0 Å². The molecule has 1 aliphatic carbocycles. The number of nitro groups is 1. The molecule has 7 heavy (non-hydrogen) atoms. The largest absolute Gasteiger partial charge is 0.264 e. The summed E-state index contributed by atoms with van der Waals surface area (Å²) in [7, 11) is 0. The monoisotopic (exact) mass is 101 g/mol. The highest BCUT2D eigenvalue weighted by atomic mass is 16.6. The van der Waals surface area contributed by atoms with Crippen LogP contribution in [0.2, 0.25) is 0 Å². The molecule has 0 heterocycles. The lowest BCUT2D eigenvalue weighted by Crippen LogP contribution is -2.01. The van der Waals surface area contributed by atoms with E-state index in [2.05, 4.69) is 0 Å². The van der Waals surface area contributed by atoms with E-state index in [0.717, 1.165) is 6.42 Å². The third kappa shape index (κ3) is 0.706. The number of hydrogen-bond donors (Lipinski definition) is 0. The highest BCUT2D eigenvalue weighted by Crippen LogP contribution is 2.31. The third-order valence-corrected chi connectivity index (χ3v) is 1.34. The van der Waals surface area contributed by atoms with E-state index in [1.807, 2.05) is 6.92 Å². The van der Waals surface area contributed by atoms with Gasteiger partial charge in [0.2, 0.25) is 6.04 Å². The summed E-state index contributed by atoms with van der Waals surface area (Å²) in [6.07, 6.45) is 0.785. The minimum Gasteiger partial charge on any atom is -0.264 e. The van der Waals surface area contributed by atoms with E-state index in [-0.39, 0.29) is 11.0 Å². The smallest absolute Gasteiger partial charge is 0.216 e. The van der Waals surface area contributed by atoms with Crippen molar-refractivity contribution in [3.8, 4) is 0 Å². The fourth-order valence-electron chi connectivity index (χ4n) is 0.596. The van der Waals surface area contributed by atoms with Crippen LogP contribution in [0.3, 0.4) is 0 Å². The van der Waals surface area contributed by atoms with Gasteiger partial charge in [-0.2, -0.15) is 0 Å². The van der Waals surface area contributed by atoms with Crippen LogP contribution in [0.5, 0.6) is 0 Å². The van der Waals surface area contributed by atoms with Crippen molar-refractivity contribution in [2.45, 2.75) is 19.4 Å². The van der Waals surface area contributed by atoms with Crippen molar-refractivity contribution in [3.05, 3.63) is 10.1 Å². The highest BCUT2D eigenvalue weighted by molar-refractivity contribution is 4.81. The van der Waals surface area contributed by atoms with Crippen LogP contribution in [0.4, 0.5) is 0 Å². The van der Waals surface area contributed by atoms with Crippen LogP contribution in [0.1, 0.15) is 13.3 Å². The van der Waals surface area contributed by atoms with Crippen LogP contribution in [0.25, 0.3) is 0 Å². The maximum Gasteiger partial charge on any atom is 0.216 e. The lowest BCUT2D eigenvalue weighted by atomic mass is 10.5. The van der Waals surface area contributed by atoms with E-state index >= 15 is 0 Å². The van der Waals surface area contributed by atoms with Crippen LogP contribution < -0.4 is 0 Å². The standard InChI is InChI=1S/C4H7NO2/c1-3-2-4(3)5(6)7/h3-4H,2H2,1H3/t3-,4-/m1/s1. The summed E-state index contributed by atoms with van der Waals surface area (Å²) in [5.74, 6) is 0.343. The number of nitrogens with zero attached hydrogens (tertiary/aromatic N) is 1. The number of hydrogen-bond acceptors (Lipinski definition) is 2. The fourth-order valence-corrected chi connectivity index (χ4v) is 0.596. The van der Waals surface area contributed by atoms with Gasteiger partial charge in [0.1, 0.15) is 0 Å². The first kappa shape index (κ1) is 4.56. The van der Waals surface area contributed by atoms with E-state index in [1.165, 1.54) is 0 Å². The molecule has 1 saturated carbocycles. The van der Waals surface area contributed by atoms with Gasteiger partial charge in [-0.3, -0.25) is 10.1 Å². The molecule has 0 unspecified atom stereocenters. The lowest BCUT2D eigenvalue weighted by Gasteiger charge is -1.80. The first-order chi connectivity index (χ1) is 3.22. The molecule has 0 saturated heterocycles. The minimum absolute atomic E-state index is 0.204. The number of rotatable bonds is 1. The maximum atomic E-state index is 9.78. The Hall–Kier alpha value is -0.600. The molecule has 0 aliphatic heterocycles. The molecule has 0 spiro atoms. The van der Waals surface area contributed by atoms with Crippen molar-refractivity contribution < 1.29 is 4.92 Å². The molecule has 3 heteroatoms. The molecule has 0 amide bonds. The zero-order valence-electron chi connectivity index (χ0n) is 4.13. The van der Waals surface area contributed by atoms with E-state index in [4.69, 9.17) is 0 Å². The van der Waals surface area contributed by atoms with Crippen molar-refractivity contribution in [1.29, 1.82) is 0 Å². The topological polar surface area (TPSA) is 43.1 Å². The van der Waals surface area contributed by atoms with Crippen molar-refractivity contribution in [1.82, 2.24) is 0 Å². The summed E-state index contributed by atoms with van der Waals surface area (Å²) >= 11 is 0. The van der Waals surface area contributed by atoms with Gasteiger partial charge in [-0.15, -0.1) is 0 Å². The molecule has 3 nitrogen and oxygen atoms in total. The molecular formula is C4H7NO2.